The van der Waals surface area contributed by atoms with E-state index in [1.807, 2.05) is 0 Å². The van der Waals surface area contributed by atoms with Crippen molar-refractivity contribution in [1.82, 2.24) is 9.80 Å². The second kappa shape index (κ2) is 7.59. The molecule has 1 amide bonds. The van der Waals surface area contributed by atoms with Gasteiger partial charge >= 0.3 is 0 Å². The Kier molecular flexibility index (Phi) is 6.17. The maximum atomic E-state index is 13.0. The highest BCUT2D eigenvalue weighted by Gasteiger charge is 2.41. The minimum Gasteiger partial charge on any atom is -0.314 e. The van der Waals surface area contributed by atoms with Crippen LogP contribution in [0.4, 0.5) is 0 Å². The van der Waals surface area contributed by atoms with Crippen LogP contribution < -0.4 is 0 Å². The summed E-state index contributed by atoms with van der Waals surface area (Å²) in [6.07, 6.45) is 7.11. The summed E-state index contributed by atoms with van der Waals surface area (Å²) in [6, 6.07) is 0. The molecule has 0 radical (unpaired) electrons. The molecule has 0 aromatic carbocycles. The van der Waals surface area contributed by atoms with Gasteiger partial charge in [0.2, 0.25) is 5.91 Å². The first-order valence-corrected chi connectivity index (χ1v) is 9.99. The summed E-state index contributed by atoms with van der Waals surface area (Å²) in [5.74, 6) is 0.312. The van der Waals surface area contributed by atoms with Gasteiger partial charge < -0.3 is 4.90 Å². The van der Waals surface area contributed by atoms with Gasteiger partial charge in [-0.15, -0.1) is 0 Å². The van der Waals surface area contributed by atoms with Crippen molar-refractivity contribution < 1.29 is 4.79 Å². The van der Waals surface area contributed by atoms with E-state index in [0.29, 0.717) is 12.5 Å². The van der Waals surface area contributed by atoms with Crippen molar-refractivity contribution in [2.75, 3.05) is 26.2 Å². The Bertz CT molecular complexity index is 483. The summed E-state index contributed by atoms with van der Waals surface area (Å²) in [6.45, 7) is 17.5. The van der Waals surface area contributed by atoms with Crippen LogP contribution in [0.15, 0.2) is 11.3 Å². The molecule has 3 heteroatoms. The fraction of sp³-hybridized carbons (Fsp3) is 0.857. The molecule has 2 heterocycles. The van der Waals surface area contributed by atoms with Gasteiger partial charge in [0.25, 0.3) is 0 Å². The number of hydrogen-bond donors (Lipinski definition) is 0. The third-order valence-corrected chi connectivity index (χ3v) is 6.02. The minimum absolute atomic E-state index is 0.0245. The zero-order chi connectivity index (χ0) is 18.0. The SMILES string of the molecule is CCCC(C)(CC)C1=C(C(C)(C)C)N(C(=O)CN2CCCC2)CC1. The standard InChI is InChI=1S/C21H38N2O/c1-7-12-21(6,8-2)17-11-15-23(19(17)20(3,4)5)18(24)16-22-13-9-10-14-22/h7-16H2,1-6H3. The molecule has 24 heavy (non-hydrogen) atoms. The summed E-state index contributed by atoms with van der Waals surface area (Å²) >= 11 is 0. The first kappa shape index (κ1) is 19.5. The van der Waals surface area contributed by atoms with E-state index in [4.69, 9.17) is 0 Å². The zero-order valence-electron chi connectivity index (χ0n) is 16.9. The van der Waals surface area contributed by atoms with Crippen LogP contribution in [-0.4, -0.2) is 41.9 Å². The number of hydrogen-bond acceptors (Lipinski definition) is 2. The molecule has 2 aliphatic rings. The molecule has 1 unspecified atom stereocenters. The lowest BCUT2D eigenvalue weighted by Gasteiger charge is -2.36. The summed E-state index contributed by atoms with van der Waals surface area (Å²) in [7, 11) is 0. The number of likely N-dealkylation sites (tertiary alicyclic amines) is 1. The van der Waals surface area contributed by atoms with E-state index < -0.39 is 0 Å². The van der Waals surface area contributed by atoms with E-state index in [2.05, 4.69) is 51.3 Å². The van der Waals surface area contributed by atoms with Gasteiger partial charge in [-0.2, -0.15) is 0 Å². The van der Waals surface area contributed by atoms with Gasteiger partial charge in [-0.25, -0.2) is 0 Å². The Morgan fingerprint density at radius 1 is 1.04 bits per heavy atom. The van der Waals surface area contributed by atoms with Crippen LogP contribution in [0.5, 0.6) is 0 Å². The maximum Gasteiger partial charge on any atom is 0.240 e. The predicted molar refractivity (Wildman–Crippen MR) is 102 cm³/mol. The fourth-order valence-electron chi connectivity index (χ4n) is 4.62. The number of rotatable bonds is 6. The van der Waals surface area contributed by atoms with Crippen molar-refractivity contribution in [3.63, 3.8) is 0 Å². The average molecular weight is 335 g/mol. The van der Waals surface area contributed by atoms with E-state index >= 15 is 0 Å². The number of allylic oxidation sites excluding steroid dienone is 1. The molecule has 0 aromatic heterocycles. The Hall–Kier alpha value is -0.830. The van der Waals surface area contributed by atoms with Crippen LogP contribution >= 0.6 is 0 Å². The molecular weight excluding hydrogens is 296 g/mol. The third kappa shape index (κ3) is 4.04. The molecule has 0 N–H and O–H groups in total. The summed E-state index contributed by atoms with van der Waals surface area (Å²) in [5, 5.41) is 0. The molecule has 3 nitrogen and oxygen atoms in total. The summed E-state index contributed by atoms with van der Waals surface area (Å²) in [5.41, 5.74) is 3.13. The second-order valence-corrected chi connectivity index (χ2v) is 9.02. The van der Waals surface area contributed by atoms with E-state index in [1.165, 1.54) is 31.4 Å². The Morgan fingerprint density at radius 3 is 2.17 bits per heavy atom. The fourth-order valence-corrected chi connectivity index (χ4v) is 4.62. The average Bonchev–Trinajstić information content (AvgIpc) is 3.15. The number of carbonyl (C=O) groups is 1. The quantitative estimate of drug-likeness (QED) is 0.694. The Morgan fingerprint density at radius 2 is 1.67 bits per heavy atom. The van der Waals surface area contributed by atoms with Gasteiger partial charge in [-0.1, -0.05) is 48.0 Å². The van der Waals surface area contributed by atoms with Crippen LogP contribution in [0.1, 0.15) is 80.1 Å². The van der Waals surface area contributed by atoms with Gasteiger partial charge in [0, 0.05) is 17.7 Å². The van der Waals surface area contributed by atoms with Crippen molar-refractivity contribution >= 4 is 5.91 Å². The molecule has 0 saturated carbocycles. The topological polar surface area (TPSA) is 23.6 Å². The molecule has 0 aliphatic carbocycles. The molecule has 1 atom stereocenters. The molecule has 0 aromatic rings. The first-order chi connectivity index (χ1) is 11.2. The lowest BCUT2D eigenvalue weighted by atomic mass is 9.72. The summed E-state index contributed by atoms with van der Waals surface area (Å²) < 4.78 is 0. The van der Waals surface area contributed by atoms with Crippen LogP contribution in [0.25, 0.3) is 0 Å². The molecule has 1 saturated heterocycles. The van der Waals surface area contributed by atoms with Gasteiger partial charge in [0.05, 0.1) is 6.54 Å². The van der Waals surface area contributed by atoms with Gasteiger partial charge in [-0.05, 0) is 56.2 Å². The molecule has 0 bridgehead atoms. The summed E-state index contributed by atoms with van der Waals surface area (Å²) in [4.78, 5) is 17.5. The Balaban J connectivity index is 2.30. The van der Waals surface area contributed by atoms with E-state index in [0.717, 1.165) is 32.5 Å². The van der Waals surface area contributed by atoms with Crippen LogP contribution in [0.2, 0.25) is 0 Å². The molecule has 2 aliphatic heterocycles. The minimum atomic E-state index is 0.0245. The van der Waals surface area contributed by atoms with Crippen molar-refractivity contribution in [1.29, 1.82) is 0 Å². The van der Waals surface area contributed by atoms with Crippen LogP contribution in [0.3, 0.4) is 0 Å². The molecule has 138 valence electrons. The Labute approximate surface area is 149 Å². The highest BCUT2D eigenvalue weighted by molar-refractivity contribution is 5.81. The van der Waals surface area contributed by atoms with Crippen LogP contribution in [0, 0.1) is 10.8 Å². The van der Waals surface area contributed by atoms with Gasteiger partial charge in [0.15, 0.2) is 0 Å². The highest BCUT2D eigenvalue weighted by atomic mass is 16.2. The lowest BCUT2D eigenvalue weighted by Crippen LogP contribution is -2.40. The molecule has 1 fully saturated rings. The monoisotopic (exact) mass is 334 g/mol. The second-order valence-electron chi connectivity index (χ2n) is 9.02. The maximum absolute atomic E-state index is 13.0. The van der Waals surface area contributed by atoms with E-state index in [1.54, 1.807) is 5.57 Å². The van der Waals surface area contributed by atoms with Crippen molar-refractivity contribution in [2.24, 2.45) is 10.8 Å². The van der Waals surface area contributed by atoms with Gasteiger partial charge in [0.1, 0.15) is 0 Å². The van der Waals surface area contributed by atoms with Crippen LogP contribution in [-0.2, 0) is 4.79 Å². The smallest absolute Gasteiger partial charge is 0.240 e. The molecule has 2 rings (SSSR count). The van der Waals surface area contributed by atoms with E-state index in [9.17, 15) is 4.79 Å². The normalized spacial score (nSPS) is 22.3. The third-order valence-electron chi connectivity index (χ3n) is 6.02. The number of nitrogens with zero attached hydrogens (tertiary/aromatic N) is 2. The predicted octanol–water partition coefficient (Wildman–Crippen LogP) is 4.83. The van der Waals surface area contributed by atoms with Crippen molar-refractivity contribution in [2.45, 2.75) is 80.1 Å². The molecule has 0 spiro atoms. The van der Waals surface area contributed by atoms with Gasteiger partial charge in [-0.3, -0.25) is 9.69 Å². The molecular formula is C21H38N2O. The highest BCUT2D eigenvalue weighted by Crippen LogP contribution is 2.48. The van der Waals surface area contributed by atoms with Crippen molar-refractivity contribution in [3.05, 3.63) is 11.3 Å². The lowest BCUT2D eigenvalue weighted by molar-refractivity contribution is -0.130. The zero-order valence-corrected chi connectivity index (χ0v) is 16.9. The largest absolute Gasteiger partial charge is 0.314 e. The first-order valence-electron chi connectivity index (χ1n) is 9.99. The number of carbonyl (C=O) groups excluding carboxylic acids is 1. The number of amides is 1. The van der Waals surface area contributed by atoms with Crippen molar-refractivity contribution in [3.8, 4) is 0 Å². The van der Waals surface area contributed by atoms with E-state index in [-0.39, 0.29) is 10.8 Å².